The van der Waals surface area contributed by atoms with Gasteiger partial charge in [-0.25, -0.2) is 0 Å². The third-order valence-electron chi connectivity index (χ3n) is 4.27. The van der Waals surface area contributed by atoms with Crippen LogP contribution in [0.15, 0.2) is 54.6 Å². The summed E-state index contributed by atoms with van der Waals surface area (Å²) in [4.78, 5) is 26.9. The summed E-state index contributed by atoms with van der Waals surface area (Å²) in [5.41, 5.74) is 2.53. The molecule has 1 aliphatic rings. The molecule has 1 heterocycles. The van der Waals surface area contributed by atoms with Crippen LogP contribution in [0.1, 0.15) is 22.0 Å². The van der Waals surface area contributed by atoms with Gasteiger partial charge in [0.15, 0.2) is 5.78 Å². The topological polar surface area (TPSA) is 61.4 Å². The number of Topliss-reactive ketones (excluding diaryl/α,β-unsaturated/α-hetero) is 1. The first-order valence-corrected chi connectivity index (χ1v) is 8.07. The zero-order valence-electron chi connectivity index (χ0n) is 13.7. The summed E-state index contributed by atoms with van der Waals surface area (Å²) >= 11 is 0. The van der Waals surface area contributed by atoms with Crippen molar-refractivity contribution >= 4 is 17.4 Å². The summed E-state index contributed by atoms with van der Waals surface area (Å²) < 4.78 is 0. The van der Waals surface area contributed by atoms with Crippen molar-refractivity contribution in [2.45, 2.75) is 6.04 Å². The predicted molar refractivity (Wildman–Crippen MR) is 94.1 cm³/mol. The largest absolute Gasteiger partial charge is 0.388 e. The Morgan fingerprint density at radius 1 is 1.17 bits per heavy atom. The summed E-state index contributed by atoms with van der Waals surface area (Å²) in [6, 6.07) is 16.6. The van der Waals surface area contributed by atoms with Gasteiger partial charge in [-0.3, -0.25) is 14.5 Å². The molecule has 124 valence electrons. The lowest BCUT2D eigenvalue weighted by molar-refractivity contribution is -0.128. The van der Waals surface area contributed by atoms with Gasteiger partial charge in [0.1, 0.15) is 6.04 Å². The molecule has 1 fully saturated rings. The zero-order chi connectivity index (χ0) is 16.9. The molecule has 1 aliphatic heterocycles. The van der Waals surface area contributed by atoms with E-state index in [0.29, 0.717) is 18.7 Å². The molecule has 1 unspecified atom stereocenters. The van der Waals surface area contributed by atoms with Gasteiger partial charge in [-0.1, -0.05) is 30.3 Å². The molecule has 5 heteroatoms. The van der Waals surface area contributed by atoms with E-state index in [9.17, 15) is 9.59 Å². The smallest absolute Gasteiger partial charge is 0.242 e. The van der Waals surface area contributed by atoms with Crippen LogP contribution in [0, 0.1) is 0 Å². The van der Waals surface area contributed by atoms with E-state index in [1.807, 2.05) is 66.5 Å². The zero-order valence-corrected chi connectivity index (χ0v) is 13.7. The quantitative estimate of drug-likeness (QED) is 0.827. The van der Waals surface area contributed by atoms with Gasteiger partial charge in [0, 0.05) is 31.4 Å². The average Bonchev–Trinajstić information content (AvgIpc) is 2.62. The Balaban J connectivity index is 1.78. The van der Waals surface area contributed by atoms with Crippen LogP contribution in [0.5, 0.6) is 0 Å². The molecule has 0 aliphatic carbocycles. The second kappa shape index (κ2) is 7.27. The number of carbonyl (C=O) groups is 2. The van der Waals surface area contributed by atoms with Crippen LogP contribution in [0.3, 0.4) is 0 Å². The molecular formula is C19H21N3O2. The molecule has 5 nitrogen and oxygen atoms in total. The number of hydrogen-bond acceptors (Lipinski definition) is 4. The molecule has 1 atom stereocenters. The highest BCUT2D eigenvalue weighted by Crippen LogP contribution is 2.23. The first kappa shape index (κ1) is 16.2. The van der Waals surface area contributed by atoms with Gasteiger partial charge in [-0.05, 0) is 29.8 Å². The van der Waals surface area contributed by atoms with Gasteiger partial charge >= 0.3 is 0 Å². The fraction of sp³-hybridized carbons (Fsp3) is 0.263. The number of nitrogens with zero attached hydrogens (tertiary/aromatic N) is 1. The van der Waals surface area contributed by atoms with Crippen molar-refractivity contribution in [2.24, 2.45) is 0 Å². The van der Waals surface area contributed by atoms with Gasteiger partial charge in [0.05, 0.1) is 6.54 Å². The summed E-state index contributed by atoms with van der Waals surface area (Å²) in [6.07, 6.45) is 0. The number of hydrogen-bond donors (Lipinski definition) is 2. The van der Waals surface area contributed by atoms with Crippen molar-refractivity contribution in [3.8, 4) is 0 Å². The first-order valence-electron chi connectivity index (χ1n) is 8.07. The number of benzene rings is 2. The maximum atomic E-state index is 12.6. The number of carbonyl (C=O) groups excluding carboxylic acids is 2. The van der Waals surface area contributed by atoms with Crippen molar-refractivity contribution < 1.29 is 9.59 Å². The number of piperazine rings is 1. The van der Waals surface area contributed by atoms with E-state index in [2.05, 4.69) is 10.6 Å². The number of amides is 1. The maximum absolute atomic E-state index is 12.6. The Morgan fingerprint density at radius 3 is 2.54 bits per heavy atom. The highest BCUT2D eigenvalue weighted by atomic mass is 16.2. The van der Waals surface area contributed by atoms with E-state index < -0.39 is 6.04 Å². The van der Waals surface area contributed by atoms with Crippen LogP contribution >= 0.6 is 0 Å². The lowest BCUT2D eigenvalue weighted by Crippen LogP contribution is -2.51. The van der Waals surface area contributed by atoms with E-state index in [-0.39, 0.29) is 18.2 Å². The van der Waals surface area contributed by atoms with E-state index in [0.717, 1.165) is 11.3 Å². The van der Waals surface area contributed by atoms with Gasteiger partial charge < -0.3 is 10.6 Å². The average molecular weight is 323 g/mol. The highest BCUT2D eigenvalue weighted by Gasteiger charge is 2.32. The SMILES string of the molecule is CNc1ccc(C(=O)CN2CCNC(=O)C2c2ccccc2)cc1. The lowest BCUT2D eigenvalue weighted by Gasteiger charge is -2.34. The fourth-order valence-corrected chi connectivity index (χ4v) is 2.98. The summed E-state index contributed by atoms with van der Waals surface area (Å²) in [7, 11) is 1.84. The van der Waals surface area contributed by atoms with Crippen LogP contribution in [0.4, 0.5) is 5.69 Å². The molecule has 0 radical (unpaired) electrons. The van der Waals surface area contributed by atoms with Gasteiger partial charge in [0.2, 0.25) is 5.91 Å². The molecule has 0 spiro atoms. The van der Waals surface area contributed by atoms with Crippen molar-refractivity contribution in [2.75, 3.05) is 32.0 Å². The van der Waals surface area contributed by atoms with Crippen molar-refractivity contribution in [3.05, 3.63) is 65.7 Å². The van der Waals surface area contributed by atoms with E-state index in [4.69, 9.17) is 0 Å². The Hall–Kier alpha value is -2.66. The molecule has 1 saturated heterocycles. The van der Waals surface area contributed by atoms with Gasteiger partial charge in [-0.15, -0.1) is 0 Å². The number of rotatable bonds is 5. The van der Waals surface area contributed by atoms with Crippen molar-refractivity contribution in [1.29, 1.82) is 0 Å². The Kier molecular flexibility index (Phi) is 4.91. The Labute approximate surface area is 141 Å². The number of ketones is 1. The Bertz CT molecular complexity index is 713. The van der Waals surface area contributed by atoms with Crippen molar-refractivity contribution in [1.82, 2.24) is 10.2 Å². The monoisotopic (exact) mass is 323 g/mol. The minimum Gasteiger partial charge on any atom is -0.388 e. The lowest BCUT2D eigenvalue weighted by atomic mass is 10.0. The van der Waals surface area contributed by atoms with E-state index in [1.165, 1.54) is 0 Å². The van der Waals surface area contributed by atoms with Crippen LogP contribution in [-0.2, 0) is 4.79 Å². The second-order valence-electron chi connectivity index (χ2n) is 5.83. The number of nitrogens with one attached hydrogen (secondary N) is 2. The third kappa shape index (κ3) is 3.46. The standard InChI is InChI=1S/C19H21N3O2/c1-20-16-9-7-14(8-10-16)17(23)13-22-12-11-21-19(24)18(22)15-5-3-2-4-6-15/h2-10,18,20H,11-13H2,1H3,(H,21,24). The summed E-state index contributed by atoms with van der Waals surface area (Å²) in [5, 5.41) is 5.92. The molecule has 0 saturated carbocycles. The minimum atomic E-state index is -0.416. The molecule has 2 aromatic rings. The molecule has 1 amide bonds. The first-order chi connectivity index (χ1) is 11.7. The minimum absolute atomic E-state index is 0.0216. The third-order valence-corrected chi connectivity index (χ3v) is 4.27. The van der Waals surface area contributed by atoms with Crippen LogP contribution < -0.4 is 10.6 Å². The summed E-state index contributed by atoms with van der Waals surface area (Å²) in [6.45, 7) is 1.45. The Morgan fingerprint density at radius 2 is 1.88 bits per heavy atom. The summed E-state index contributed by atoms with van der Waals surface area (Å²) in [5.74, 6) is -0.0286. The molecule has 0 bridgehead atoms. The molecule has 2 N–H and O–H groups in total. The second-order valence-corrected chi connectivity index (χ2v) is 5.83. The maximum Gasteiger partial charge on any atom is 0.242 e. The van der Waals surface area contributed by atoms with Gasteiger partial charge in [0.25, 0.3) is 0 Å². The molecule has 3 rings (SSSR count). The van der Waals surface area contributed by atoms with Gasteiger partial charge in [-0.2, -0.15) is 0 Å². The fourth-order valence-electron chi connectivity index (χ4n) is 2.98. The number of anilines is 1. The highest BCUT2D eigenvalue weighted by molar-refractivity contribution is 5.98. The van der Waals surface area contributed by atoms with Crippen LogP contribution in [0.2, 0.25) is 0 Å². The van der Waals surface area contributed by atoms with Crippen LogP contribution in [0.25, 0.3) is 0 Å². The molecule has 0 aromatic heterocycles. The van der Waals surface area contributed by atoms with E-state index >= 15 is 0 Å². The van der Waals surface area contributed by atoms with E-state index in [1.54, 1.807) is 0 Å². The molecule has 24 heavy (non-hydrogen) atoms. The van der Waals surface area contributed by atoms with Crippen molar-refractivity contribution in [3.63, 3.8) is 0 Å². The predicted octanol–water partition coefficient (Wildman–Crippen LogP) is 2.08. The molecular weight excluding hydrogens is 302 g/mol. The van der Waals surface area contributed by atoms with Crippen LogP contribution in [-0.4, -0.2) is 43.3 Å². The molecule has 2 aromatic carbocycles. The normalized spacial score (nSPS) is 18.0.